The predicted octanol–water partition coefficient (Wildman–Crippen LogP) is 1.66. The minimum Gasteiger partial charge on any atom is -0.393 e. The van der Waals surface area contributed by atoms with E-state index in [2.05, 4.69) is 10.2 Å². The van der Waals surface area contributed by atoms with E-state index in [1.54, 1.807) is 4.90 Å². The number of carbonyl (C=O) groups excluding carboxylic acids is 1. The molecule has 2 saturated carbocycles. The fraction of sp³-hybridized carbons (Fsp3) is 0.941. The minimum absolute atomic E-state index is 0.0163. The lowest BCUT2D eigenvalue weighted by molar-refractivity contribution is 0.0564. The van der Waals surface area contributed by atoms with Crippen LogP contribution in [0.5, 0.6) is 0 Å². The number of hydrogen-bond donors (Lipinski definition) is 2. The number of nitrogens with zero attached hydrogens (tertiary/aromatic N) is 2. The van der Waals surface area contributed by atoms with Crippen molar-refractivity contribution in [3.05, 3.63) is 0 Å². The Balaban J connectivity index is 1.36. The molecule has 3 atom stereocenters. The predicted molar refractivity (Wildman–Crippen MR) is 86.7 cm³/mol. The van der Waals surface area contributed by atoms with Gasteiger partial charge in [0.25, 0.3) is 0 Å². The van der Waals surface area contributed by atoms with Crippen molar-refractivity contribution in [2.75, 3.05) is 33.2 Å². The Morgan fingerprint density at radius 1 is 1.23 bits per heavy atom. The van der Waals surface area contributed by atoms with Crippen molar-refractivity contribution in [2.24, 2.45) is 11.8 Å². The van der Waals surface area contributed by atoms with Gasteiger partial charge in [-0.05, 0) is 44.6 Å². The molecule has 1 heterocycles. The highest BCUT2D eigenvalue weighted by molar-refractivity contribution is 5.73. The molecule has 3 fully saturated rings. The number of nitrogens with one attached hydrogen (secondary N) is 1. The van der Waals surface area contributed by atoms with E-state index in [9.17, 15) is 9.90 Å². The standard InChI is InChI=1S/C17H31N3O2/c1-19(12-14-4-2-3-5-16(14)21)17(22)18-10-13-8-9-20(11-13)15-6-7-15/h13-16,21H,2-12H2,1H3,(H,18,22)/t13-,14-,16+/m0/s1. The monoisotopic (exact) mass is 309 g/mol. The molecule has 0 radical (unpaired) electrons. The molecule has 0 aromatic carbocycles. The number of aliphatic hydroxyl groups excluding tert-OH is 1. The van der Waals surface area contributed by atoms with Crippen LogP contribution in [0.25, 0.3) is 0 Å². The Labute approximate surface area is 134 Å². The van der Waals surface area contributed by atoms with E-state index < -0.39 is 0 Å². The highest BCUT2D eigenvalue weighted by Crippen LogP contribution is 2.31. The Kier molecular flexibility index (Phi) is 5.24. The lowest BCUT2D eigenvalue weighted by Gasteiger charge is -2.31. The first-order valence-electron chi connectivity index (χ1n) is 9.04. The molecular formula is C17H31N3O2. The second-order valence-corrected chi connectivity index (χ2v) is 7.56. The van der Waals surface area contributed by atoms with Gasteiger partial charge in [-0.3, -0.25) is 0 Å². The van der Waals surface area contributed by atoms with Crippen molar-refractivity contribution in [2.45, 2.75) is 57.1 Å². The van der Waals surface area contributed by atoms with Crippen LogP contribution in [-0.4, -0.2) is 66.3 Å². The highest BCUT2D eigenvalue weighted by Gasteiger charge is 2.34. The van der Waals surface area contributed by atoms with E-state index in [0.717, 1.165) is 38.4 Å². The Morgan fingerprint density at radius 2 is 2.00 bits per heavy atom. The fourth-order valence-electron chi connectivity index (χ4n) is 4.00. The summed E-state index contributed by atoms with van der Waals surface area (Å²) in [6.45, 7) is 3.82. The van der Waals surface area contributed by atoms with Gasteiger partial charge < -0.3 is 20.2 Å². The van der Waals surface area contributed by atoms with Crippen LogP contribution < -0.4 is 5.32 Å². The van der Waals surface area contributed by atoms with Gasteiger partial charge in [0.15, 0.2) is 0 Å². The zero-order valence-corrected chi connectivity index (χ0v) is 13.8. The van der Waals surface area contributed by atoms with Crippen molar-refractivity contribution in [1.82, 2.24) is 15.1 Å². The number of rotatable bonds is 5. The lowest BCUT2D eigenvalue weighted by atomic mass is 9.86. The summed E-state index contributed by atoms with van der Waals surface area (Å²) in [5.41, 5.74) is 0. The van der Waals surface area contributed by atoms with Gasteiger partial charge in [-0.1, -0.05) is 12.8 Å². The fourth-order valence-corrected chi connectivity index (χ4v) is 4.00. The number of urea groups is 1. The number of likely N-dealkylation sites (tertiary alicyclic amines) is 1. The first-order valence-corrected chi connectivity index (χ1v) is 9.04. The maximum absolute atomic E-state index is 12.2. The summed E-state index contributed by atoms with van der Waals surface area (Å²) >= 11 is 0. The van der Waals surface area contributed by atoms with Crippen LogP contribution in [0.2, 0.25) is 0 Å². The van der Waals surface area contributed by atoms with Crippen LogP contribution >= 0.6 is 0 Å². The van der Waals surface area contributed by atoms with Gasteiger partial charge in [0.05, 0.1) is 6.10 Å². The van der Waals surface area contributed by atoms with Crippen molar-refractivity contribution < 1.29 is 9.90 Å². The Bertz CT molecular complexity index is 386. The summed E-state index contributed by atoms with van der Waals surface area (Å²) in [6, 6.07) is 0.860. The third kappa shape index (κ3) is 4.13. The molecule has 1 saturated heterocycles. The zero-order chi connectivity index (χ0) is 15.5. The van der Waals surface area contributed by atoms with Crippen LogP contribution in [0.15, 0.2) is 0 Å². The number of aliphatic hydroxyl groups is 1. The summed E-state index contributed by atoms with van der Waals surface area (Å²) in [4.78, 5) is 16.6. The Morgan fingerprint density at radius 3 is 2.73 bits per heavy atom. The molecule has 22 heavy (non-hydrogen) atoms. The quantitative estimate of drug-likeness (QED) is 0.812. The third-order valence-corrected chi connectivity index (χ3v) is 5.65. The van der Waals surface area contributed by atoms with Gasteiger partial charge in [0.2, 0.25) is 0 Å². The summed E-state index contributed by atoms with van der Waals surface area (Å²) in [5, 5.41) is 13.1. The van der Waals surface area contributed by atoms with E-state index in [4.69, 9.17) is 0 Å². The molecule has 0 aromatic rings. The van der Waals surface area contributed by atoms with E-state index in [1.165, 1.54) is 32.2 Å². The van der Waals surface area contributed by atoms with Gasteiger partial charge in [-0.25, -0.2) is 4.79 Å². The summed E-state index contributed by atoms with van der Waals surface area (Å²) in [5.74, 6) is 0.861. The van der Waals surface area contributed by atoms with Gasteiger partial charge in [0, 0.05) is 38.6 Å². The maximum atomic E-state index is 12.2. The molecule has 0 aromatic heterocycles. The van der Waals surface area contributed by atoms with Crippen LogP contribution in [-0.2, 0) is 0 Å². The van der Waals surface area contributed by atoms with E-state index >= 15 is 0 Å². The molecule has 2 amide bonds. The SMILES string of the molecule is CN(C[C@@H]1CCCC[C@H]1O)C(=O)NC[C@@H]1CCN(C2CC2)C1. The first-order chi connectivity index (χ1) is 10.6. The van der Waals surface area contributed by atoms with Gasteiger partial charge in [0.1, 0.15) is 0 Å². The summed E-state index contributed by atoms with van der Waals surface area (Å²) in [6.07, 6.45) is 7.93. The average Bonchev–Trinajstić information content (AvgIpc) is 3.26. The molecule has 2 aliphatic carbocycles. The van der Waals surface area contributed by atoms with E-state index in [-0.39, 0.29) is 18.1 Å². The largest absolute Gasteiger partial charge is 0.393 e. The molecule has 3 rings (SSSR count). The van der Waals surface area contributed by atoms with Gasteiger partial charge >= 0.3 is 6.03 Å². The summed E-state index contributed by atoms with van der Waals surface area (Å²) < 4.78 is 0. The number of carbonyl (C=O) groups is 1. The normalized spacial score (nSPS) is 32.9. The molecule has 2 N–H and O–H groups in total. The highest BCUT2D eigenvalue weighted by atomic mass is 16.3. The van der Waals surface area contributed by atoms with Crippen LogP contribution in [0.1, 0.15) is 44.9 Å². The van der Waals surface area contributed by atoms with Crippen LogP contribution in [0.4, 0.5) is 4.79 Å². The second-order valence-electron chi connectivity index (χ2n) is 7.56. The molecule has 126 valence electrons. The van der Waals surface area contributed by atoms with Crippen molar-refractivity contribution in [1.29, 1.82) is 0 Å². The molecular weight excluding hydrogens is 278 g/mol. The lowest BCUT2D eigenvalue weighted by Crippen LogP contribution is -2.44. The van der Waals surface area contributed by atoms with Crippen LogP contribution in [0, 0.1) is 11.8 Å². The first kappa shape index (κ1) is 16.1. The third-order valence-electron chi connectivity index (χ3n) is 5.65. The Hall–Kier alpha value is -0.810. The summed E-state index contributed by atoms with van der Waals surface area (Å²) in [7, 11) is 1.85. The number of hydrogen-bond acceptors (Lipinski definition) is 3. The minimum atomic E-state index is -0.231. The second kappa shape index (κ2) is 7.18. The zero-order valence-electron chi connectivity index (χ0n) is 13.8. The smallest absolute Gasteiger partial charge is 0.317 e. The van der Waals surface area contributed by atoms with Crippen LogP contribution in [0.3, 0.4) is 0 Å². The van der Waals surface area contributed by atoms with Crippen molar-refractivity contribution in [3.8, 4) is 0 Å². The topological polar surface area (TPSA) is 55.8 Å². The van der Waals surface area contributed by atoms with E-state index in [0.29, 0.717) is 12.5 Å². The molecule has 5 nitrogen and oxygen atoms in total. The maximum Gasteiger partial charge on any atom is 0.317 e. The van der Waals surface area contributed by atoms with E-state index in [1.807, 2.05) is 7.05 Å². The van der Waals surface area contributed by atoms with Gasteiger partial charge in [-0.15, -0.1) is 0 Å². The molecule has 0 bridgehead atoms. The molecule has 3 aliphatic rings. The molecule has 1 aliphatic heterocycles. The van der Waals surface area contributed by atoms with Gasteiger partial charge in [-0.2, -0.15) is 0 Å². The molecule has 5 heteroatoms. The van der Waals surface area contributed by atoms with Crippen molar-refractivity contribution >= 4 is 6.03 Å². The van der Waals surface area contributed by atoms with Crippen molar-refractivity contribution in [3.63, 3.8) is 0 Å². The molecule has 0 unspecified atom stereocenters. The average molecular weight is 309 g/mol. The number of amides is 2. The molecule has 0 spiro atoms.